The van der Waals surface area contributed by atoms with Crippen LogP contribution in [0.2, 0.25) is 0 Å². The maximum atomic E-state index is 13.5. The zero-order chi connectivity index (χ0) is 29.2. The number of amides is 1. The van der Waals surface area contributed by atoms with Gasteiger partial charge in [0.15, 0.2) is 0 Å². The standard InChI is InChI=1S/C32H51N3O5/c1-21-16-22(2)18-24(4)31(38)25(20-33)8-5-6-11-29(40-30(37)19-28(36)23(3)17-21)26-9-7-10-27(26)32(39)35-14-12-34-13-15-35/h5-6,8,21-24,26-29,31,34,36,38H,7,9-19H2,1-4H3/b6-5+,25-8-/t21-,22+,23-,24-,26+,27+,28-,29-,31+/m0/s1. The molecule has 9 atom stereocenters. The first kappa shape index (κ1) is 32.3. The number of carbonyl (C=O) groups is 2. The van der Waals surface area contributed by atoms with Crippen molar-refractivity contribution in [2.24, 2.45) is 35.5 Å². The van der Waals surface area contributed by atoms with Gasteiger partial charge in [0.1, 0.15) is 6.10 Å². The number of aliphatic hydroxyl groups excluding tert-OH is 2. The van der Waals surface area contributed by atoms with Crippen LogP contribution < -0.4 is 5.32 Å². The van der Waals surface area contributed by atoms with Crippen LogP contribution in [0.4, 0.5) is 0 Å². The minimum atomic E-state index is -0.850. The third kappa shape index (κ3) is 9.15. The van der Waals surface area contributed by atoms with Gasteiger partial charge in [-0.3, -0.25) is 9.59 Å². The van der Waals surface area contributed by atoms with Gasteiger partial charge in [-0.2, -0.15) is 5.26 Å². The van der Waals surface area contributed by atoms with Gasteiger partial charge >= 0.3 is 5.97 Å². The van der Waals surface area contributed by atoms with Crippen LogP contribution in [0.5, 0.6) is 0 Å². The molecular formula is C32H51N3O5. The monoisotopic (exact) mass is 557 g/mol. The second-order valence-corrected chi connectivity index (χ2v) is 12.8. The number of nitrogens with zero attached hydrogens (tertiary/aromatic N) is 2. The fraction of sp³-hybridized carbons (Fsp3) is 0.781. The van der Waals surface area contributed by atoms with Crippen molar-refractivity contribution < 1.29 is 24.5 Å². The Balaban J connectivity index is 1.84. The summed E-state index contributed by atoms with van der Waals surface area (Å²) in [5.74, 6) is -0.00153. The highest BCUT2D eigenvalue weighted by Gasteiger charge is 2.41. The quantitative estimate of drug-likeness (QED) is 0.439. The van der Waals surface area contributed by atoms with Crippen LogP contribution in [0.25, 0.3) is 0 Å². The summed E-state index contributed by atoms with van der Waals surface area (Å²) in [7, 11) is 0. The number of allylic oxidation sites excluding steroid dienone is 2. The van der Waals surface area contributed by atoms with Crippen LogP contribution in [-0.4, -0.2) is 71.5 Å². The number of hydrogen-bond acceptors (Lipinski definition) is 7. The molecule has 1 saturated heterocycles. The van der Waals surface area contributed by atoms with Crippen LogP contribution in [0.3, 0.4) is 0 Å². The maximum absolute atomic E-state index is 13.5. The van der Waals surface area contributed by atoms with Gasteiger partial charge in [-0.1, -0.05) is 46.3 Å². The van der Waals surface area contributed by atoms with E-state index in [1.807, 2.05) is 24.8 Å². The summed E-state index contributed by atoms with van der Waals surface area (Å²) in [6.45, 7) is 11.2. The third-order valence-electron chi connectivity index (χ3n) is 9.23. The maximum Gasteiger partial charge on any atom is 0.308 e. The smallest absolute Gasteiger partial charge is 0.308 e. The second kappa shape index (κ2) is 15.7. The Hall–Kier alpha value is -2.21. The number of piperazine rings is 1. The molecule has 1 amide bonds. The number of nitriles is 1. The normalized spacial score (nSPS) is 39.6. The van der Waals surface area contributed by atoms with Crippen LogP contribution in [0.15, 0.2) is 23.8 Å². The highest BCUT2D eigenvalue weighted by atomic mass is 16.5. The number of aliphatic hydroxyl groups is 2. The van der Waals surface area contributed by atoms with E-state index in [9.17, 15) is 25.1 Å². The molecule has 0 aromatic heterocycles. The Kier molecular flexibility index (Phi) is 12.7. The molecule has 3 N–H and O–H groups in total. The predicted molar refractivity (Wildman–Crippen MR) is 155 cm³/mol. The molecule has 0 aromatic carbocycles. The third-order valence-corrected chi connectivity index (χ3v) is 9.23. The minimum Gasteiger partial charge on any atom is -0.462 e. The molecule has 8 heteroatoms. The van der Waals surface area contributed by atoms with E-state index in [1.54, 1.807) is 12.2 Å². The number of esters is 1. The highest BCUT2D eigenvalue weighted by Crippen LogP contribution is 2.38. The summed E-state index contributed by atoms with van der Waals surface area (Å²) in [6, 6.07) is 2.16. The lowest BCUT2D eigenvalue weighted by Crippen LogP contribution is -2.49. The van der Waals surface area contributed by atoms with Gasteiger partial charge in [0.2, 0.25) is 5.91 Å². The fourth-order valence-corrected chi connectivity index (χ4v) is 7.09. The molecule has 8 nitrogen and oxygen atoms in total. The molecule has 2 fully saturated rings. The summed E-state index contributed by atoms with van der Waals surface area (Å²) in [5, 5.41) is 34.8. The molecule has 224 valence electrons. The molecule has 1 aliphatic carbocycles. The van der Waals surface area contributed by atoms with E-state index in [0.29, 0.717) is 36.9 Å². The molecule has 2 heterocycles. The van der Waals surface area contributed by atoms with Gasteiger partial charge in [-0.05, 0) is 61.9 Å². The summed E-state index contributed by atoms with van der Waals surface area (Å²) in [4.78, 5) is 28.5. The highest BCUT2D eigenvalue weighted by molar-refractivity contribution is 5.80. The van der Waals surface area contributed by atoms with Gasteiger partial charge in [-0.15, -0.1) is 0 Å². The zero-order valence-corrected chi connectivity index (χ0v) is 24.9. The lowest BCUT2D eigenvalue weighted by atomic mass is 9.82. The number of ether oxygens (including phenoxy) is 1. The van der Waals surface area contributed by atoms with Crippen LogP contribution in [0, 0.1) is 46.8 Å². The first-order valence-electron chi connectivity index (χ1n) is 15.4. The Morgan fingerprint density at radius 1 is 1.05 bits per heavy atom. The molecule has 40 heavy (non-hydrogen) atoms. The number of hydrogen-bond donors (Lipinski definition) is 3. The lowest BCUT2D eigenvalue weighted by Gasteiger charge is -2.34. The van der Waals surface area contributed by atoms with E-state index in [1.165, 1.54) is 0 Å². The van der Waals surface area contributed by atoms with Crippen LogP contribution in [-0.2, 0) is 14.3 Å². The van der Waals surface area contributed by atoms with Gasteiger partial charge in [0.25, 0.3) is 0 Å². The van der Waals surface area contributed by atoms with E-state index in [0.717, 1.165) is 51.6 Å². The van der Waals surface area contributed by atoms with Gasteiger partial charge in [0, 0.05) is 44.4 Å². The summed E-state index contributed by atoms with van der Waals surface area (Å²) in [6.07, 6.45) is 8.50. The van der Waals surface area contributed by atoms with Crippen molar-refractivity contribution in [3.8, 4) is 6.07 Å². The zero-order valence-electron chi connectivity index (χ0n) is 24.9. The predicted octanol–water partition coefficient (Wildman–Crippen LogP) is 3.98. The Bertz CT molecular complexity index is 937. The summed E-state index contributed by atoms with van der Waals surface area (Å²) < 4.78 is 6.03. The average Bonchev–Trinajstić information content (AvgIpc) is 3.41. The topological polar surface area (TPSA) is 123 Å². The first-order chi connectivity index (χ1) is 19.1. The van der Waals surface area contributed by atoms with Gasteiger partial charge < -0.3 is 25.2 Å². The molecule has 0 bridgehead atoms. The first-order valence-corrected chi connectivity index (χ1v) is 15.4. The average molecular weight is 558 g/mol. The molecule has 0 spiro atoms. The molecule has 3 rings (SSSR count). The lowest BCUT2D eigenvalue weighted by molar-refractivity contribution is -0.158. The van der Waals surface area contributed by atoms with E-state index in [4.69, 9.17) is 4.74 Å². The molecule has 0 radical (unpaired) electrons. The van der Waals surface area contributed by atoms with Crippen LogP contribution >= 0.6 is 0 Å². The van der Waals surface area contributed by atoms with Crippen molar-refractivity contribution >= 4 is 11.9 Å². The summed E-state index contributed by atoms with van der Waals surface area (Å²) >= 11 is 0. The molecular weight excluding hydrogens is 506 g/mol. The Morgan fingerprint density at radius 3 is 2.40 bits per heavy atom. The van der Waals surface area contributed by atoms with E-state index in [2.05, 4.69) is 25.2 Å². The van der Waals surface area contributed by atoms with E-state index < -0.39 is 24.3 Å². The van der Waals surface area contributed by atoms with Crippen molar-refractivity contribution in [3.05, 3.63) is 23.8 Å². The molecule has 2 aliphatic heterocycles. The van der Waals surface area contributed by atoms with Crippen LogP contribution in [0.1, 0.15) is 79.1 Å². The van der Waals surface area contributed by atoms with Crippen molar-refractivity contribution in [2.45, 2.75) is 97.4 Å². The Morgan fingerprint density at radius 2 is 1.73 bits per heavy atom. The Labute approximate surface area is 240 Å². The minimum absolute atomic E-state index is 0.0587. The largest absolute Gasteiger partial charge is 0.462 e. The van der Waals surface area contributed by atoms with Crippen molar-refractivity contribution in [1.82, 2.24) is 10.2 Å². The number of carbonyl (C=O) groups excluding carboxylic acids is 2. The fourth-order valence-electron chi connectivity index (χ4n) is 7.09. The van der Waals surface area contributed by atoms with Crippen molar-refractivity contribution in [1.29, 1.82) is 5.26 Å². The molecule has 3 aliphatic rings. The molecule has 0 aromatic rings. The van der Waals surface area contributed by atoms with Crippen molar-refractivity contribution in [2.75, 3.05) is 26.2 Å². The number of cyclic esters (lactones) is 1. The number of rotatable bonds is 2. The SMILES string of the molecule is C[C@@H]1C[C@H](C)C[C@H](C)[C@@H](O)CC(=O)O[C@H]([C@@H]2CCC[C@H]2C(=O)N2CCNCC2)C/C=C/C=C(/C#N)[C@H](O)[C@@H](C)C1. The van der Waals surface area contributed by atoms with E-state index >= 15 is 0 Å². The van der Waals surface area contributed by atoms with Gasteiger partial charge in [-0.25, -0.2) is 0 Å². The summed E-state index contributed by atoms with van der Waals surface area (Å²) in [5.41, 5.74) is 0.322. The number of nitrogens with one attached hydrogen (secondary N) is 1. The van der Waals surface area contributed by atoms with E-state index in [-0.39, 0.29) is 36.0 Å². The molecule has 1 saturated carbocycles. The molecule has 0 unspecified atom stereocenters. The van der Waals surface area contributed by atoms with Crippen molar-refractivity contribution in [3.63, 3.8) is 0 Å². The van der Waals surface area contributed by atoms with Gasteiger partial charge in [0.05, 0.1) is 30.3 Å². The second-order valence-electron chi connectivity index (χ2n) is 12.8.